The van der Waals surface area contributed by atoms with Crippen LogP contribution >= 0.6 is 0 Å². The molecule has 2 rings (SSSR count). The summed E-state index contributed by atoms with van der Waals surface area (Å²) in [4.78, 5) is 35.8. The van der Waals surface area contributed by atoms with Crippen LogP contribution < -0.4 is 16.0 Å². The van der Waals surface area contributed by atoms with Crippen LogP contribution in [0.5, 0.6) is 0 Å². The Kier molecular flexibility index (Phi) is 7.30. The van der Waals surface area contributed by atoms with E-state index in [1.165, 1.54) is 18.2 Å². The van der Waals surface area contributed by atoms with Crippen molar-refractivity contribution >= 4 is 29.3 Å². The number of carbonyl (C=O) groups excluding carboxylic acids is 3. The number of ether oxygens (including phenoxy) is 1. The summed E-state index contributed by atoms with van der Waals surface area (Å²) in [6.07, 6.45) is -0.548. The van der Waals surface area contributed by atoms with Gasteiger partial charge in [-0.1, -0.05) is 18.2 Å². The Morgan fingerprint density at radius 2 is 1.62 bits per heavy atom. The van der Waals surface area contributed by atoms with Crippen LogP contribution in [0, 0.1) is 5.82 Å². The van der Waals surface area contributed by atoms with Crippen LogP contribution in [0.1, 0.15) is 37.6 Å². The van der Waals surface area contributed by atoms with Crippen LogP contribution in [0.3, 0.4) is 0 Å². The summed E-state index contributed by atoms with van der Waals surface area (Å²) < 4.78 is 18.8. The molecule has 3 amide bonds. The van der Waals surface area contributed by atoms with E-state index >= 15 is 0 Å². The average Bonchev–Trinajstić information content (AvgIpc) is 2.60. The first kappa shape index (κ1) is 21.9. The van der Waals surface area contributed by atoms with Crippen LogP contribution in [0.4, 0.5) is 20.6 Å². The number of halogens is 1. The SMILES string of the molecule is CC(C)(C)OC(=O)NCCC(=O)Nc1cccc(NC(=O)c2ccccc2F)c1. The molecule has 3 N–H and O–H groups in total. The quantitative estimate of drug-likeness (QED) is 0.683. The van der Waals surface area contributed by atoms with Crippen molar-refractivity contribution in [2.45, 2.75) is 32.8 Å². The van der Waals surface area contributed by atoms with E-state index in [0.717, 1.165) is 0 Å². The summed E-state index contributed by atoms with van der Waals surface area (Å²) in [6.45, 7) is 5.36. The van der Waals surface area contributed by atoms with Crippen molar-refractivity contribution in [1.29, 1.82) is 0 Å². The number of rotatable bonds is 6. The van der Waals surface area contributed by atoms with Gasteiger partial charge in [0, 0.05) is 24.3 Å². The van der Waals surface area contributed by atoms with Crippen molar-refractivity contribution in [2.24, 2.45) is 0 Å². The third kappa shape index (κ3) is 7.61. The molecule has 7 nitrogen and oxygen atoms in total. The van der Waals surface area contributed by atoms with E-state index < -0.39 is 23.4 Å². The summed E-state index contributed by atoms with van der Waals surface area (Å²) in [7, 11) is 0. The lowest BCUT2D eigenvalue weighted by Gasteiger charge is -2.19. The van der Waals surface area contributed by atoms with Gasteiger partial charge < -0.3 is 20.7 Å². The number of benzene rings is 2. The van der Waals surface area contributed by atoms with Crippen LogP contribution in [0.25, 0.3) is 0 Å². The summed E-state index contributed by atoms with van der Waals surface area (Å²) in [6, 6.07) is 12.1. The molecule has 0 bridgehead atoms. The molecule has 0 saturated heterocycles. The summed E-state index contributed by atoms with van der Waals surface area (Å²) in [5.41, 5.74) is 0.177. The average molecular weight is 401 g/mol. The Morgan fingerprint density at radius 1 is 0.966 bits per heavy atom. The van der Waals surface area contributed by atoms with E-state index in [0.29, 0.717) is 11.4 Å². The number of nitrogens with one attached hydrogen (secondary N) is 3. The lowest BCUT2D eigenvalue weighted by molar-refractivity contribution is -0.116. The molecule has 0 saturated carbocycles. The molecule has 0 unspecified atom stereocenters. The van der Waals surface area contributed by atoms with Gasteiger partial charge in [-0.05, 0) is 51.1 Å². The topological polar surface area (TPSA) is 96.5 Å². The van der Waals surface area contributed by atoms with Crippen LogP contribution in [0.15, 0.2) is 48.5 Å². The normalized spacial score (nSPS) is 10.8. The van der Waals surface area contributed by atoms with E-state index in [4.69, 9.17) is 4.74 Å². The molecule has 29 heavy (non-hydrogen) atoms. The number of amides is 3. The number of hydrogen-bond acceptors (Lipinski definition) is 4. The predicted molar refractivity (Wildman–Crippen MR) is 108 cm³/mol. The maximum atomic E-state index is 13.7. The maximum Gasteiger partial charge on any atom is 0.407 e. The highest BCUT2D eigenvalue weighted by Crippen LogP contribution is 2.17. The third-order valence-corrected chi connectivity index (χ3v) is 3.54. The number of anilines is 2. The van der Waals surface area contributed by atoms with E-state index in [1.807, 2.05) is 0 Å². The van der Waals surface area contributed by atoms with Crippen molar-refractivity contribution in [2.75, 3.05) is 17.2 Å². The Morgan fingerprint density at radius 3 is 2.28 bits per heavy atom. The molecule has 8 heteroatoms. The van der Waals surface area contributed by atoms with Gasteiger partial charge in [-0.15, -0.1) is 0 Å². The van der Waals surface area contributed by atoms with Crippen molar-refractivity contribution in [3.05, 3.63) is 59.9 Å². The lowest BCUT2D eigenvalue weighted by atomic mass is 10.2. The minimum atomic E-state index is -0.619. The van der Waals surface area contributed by atoms with Crippen molar-refractivity contribution in [3.8, 4) is 0 Å². The van der Waals surface area contributed by atoms with Gasteiger partial charge in [0.15, 0.2) is 0 Å². The van der Waals surface area contributed by atoms with Gasteiger partial charge in [0.05, 0.1) is 5.56 Å². The highest BCUT2D eigenvalue weighted by molar-refractivity contribution is 6.04. The molecule has 154 valence electrons. The molecular formula is C21H24FN3O4. The predicted octanol–water partition coefficient (Wildman–Crippen LogP) is 3.93. The number of hydrogen-bond donors (Lipinski definition) is 3. The Bertz CT molecular complexity index is 893. The molecular weight excluding hydrogens is 377 g/mol. The first-order chi connectivity index (χ1) is 13.6. The fraction of sp³-hybridized carbons (Fsp3) is 0.286. The first-order valence-electron chi connectivity index (χ1n) is 9.07. The molecule has 0 fully saturated rings. The van der Waals surface area contributed by atoms with Crippen LogP contribution in [0.2, 0.25) is 0 Å². The standard InChI is InChI=1S/C21H24FN3O4/c1-21(2,3)29-20(28)23-12-11-18(26)24-14-7-6-8-15(13-14)25-19(27)16-9-4-5-10-17(16)22/h4-10,13H,11-12H2,1-3H3,(H,23,28)(H,24,26)(H,25,27). The smallest absolute Gasteiger partial charge is 0.407 e. The van der Waals surface area contributed by atoms with Gasteiger partial charge in [0.25, 0.3) is 5.91 Å². The van der Waals surface area contributed by atoms with Crippen molar-refractivity contribution in [3.63, 3.8) is 0 Å². The fourth-order valence-electron chi connectivity index (χ4n) is 2.33. The van der Waals surface area contributed by atoms with E-state index in [-0.39, 0.29) is 24.4 Å². The Hall–Kier alpha value is -3.42. The third-order valence-electron chi connectivity index (χ3n) is 3.54. The molecule has 2 aromatic carbocycles. The minimum Gasteiger partial charge on any atom is -0.444 e. The molecule has 0 aromatic heterocycles. The molecule has 2 aromatic rings. The van der Waals surface area contributed by atoms with Crippen LogP contribution in [-0.2, 0) is 9.53 Å². The van der Waals surface area contributed by atoms with Gasteiger partial charge in [0.2, 0.25) is 5.91 Å². The zero-order valence-corrected chi connectivity index (χ0v) is 16.5. The minimum absolute atomic E-state index is 0.0467. The van der Waals surface area contributed by atoms with E-state index in [1.54, 1.807) is 51.1 Å². The molecule has 0 heterocycles. The monoisotopic (exact) mass is 401 g/mol. The number of carbonyl (C=O) groups is 3. The first-order valence-corrected chi connectivity index (χ1v) is 9.07. The van der Waals surface area contributed by atoms with Gasteiger partial charge in [-0.25, -0.2) is 9.18 Å². The second-order valence-electron chi connectivity index (χ2n) is 7.24. The van der Waals surface area contributed by atoms with Gasteiger partial charge in [-0.2, -0.15) is 0 Å². The largest absolute Gasteiger partial charge is 0.444 e. The van der Waals surface area contributed by atoms with Crippen LogP contribution in [-0.4, -0.2) is 30.1 Å². The molecule has 0 spiro atoms. The summed E-state index contributed by atoms with van der Waals surface area (Å²) in [5.74, 6) is -1.53. The lowest BCUT2D eigenvalue weighted by Crippen LogP contribution is -2.34. The molecule has 0 aliphatic carbocycles. The zero-order chi connectivity index (χ0) is 21.4. The Balaban J connectivity index is 1.86. The zero-order valence-electron chi connectivity index (χ0n) is 16.5. The Labute approximate surface area is 168 Å². The fourth-order valence-corrected chi connectivity index (χ4v) is 2.33. The molecule has 0 atom stereocenters. The maximum absolute atomic E-state index is 13.7. The molecule has 0 aliphatic rings. The summed E-state index contributed by atoms with van der Waals surface area (Å²) >= 11 is 0. The summed E-state index contributed by atoms with van der Waals surface area (Å²) in [5, 5.41) is 7.76. The highest BCUT2D eigenvalue weighted by Gasteiger charge is 2.16. The van der Waals surface area contributed by atoms with E-state index in [2.05, 4.69) is 16.0 Å². The van der Waals surface area contributed by atoms with Gasteiger partial charge in [-0.3, -0.25) is 9.59 Å². The van der Waals surface area contributed by atoms with Crippen molar-refractivity contribution < 1.29 is 23.5 Å². The molecule has 0 aliphatic heterocycles. The van der Waals surface area contributed by atoms with E-state index in [9.17, 15) is 18.8 Å². The second kappa shape index (κ2) is 9.68. The molecule has 0 radical (unpaired) electrons. The van der Waals surface area contributed by atoms with Gasteiger partial charge >= 0.3 is 6.09 Å². The van der Waals surface area contributed by atoms with Crippen molar-refractivity contribution in [1.82, 2.24) is 5.32 Å². The number of alkyl carbamates (subject to hydrolysis) is 1. The second-order valence-corrected chi connectivity index (χ2v) is 7.24. The highest BCUT2D eigenvalue weighted by atomic mass is 19.1. The van der Waals surface area contributed by atoms with Gasteiger partial charge in [0.1, 0.15) is 11.4 Å².